The second-order valence-corrected chi connectivity index (χ2v) is 10.4. The van der Waals surface area contributed by atoms with Gasteiger partial charge < -0.3 is 5.11 Å². The van der Waals surface area contributed by atoms with E-state index in [1.54, 1.807) is 6.21 Å². The molecule has 0 aliphatic carbocycles. The van der Waals surface area contributed by atoms with E-state index in [-0.39, 0.29) is 11.5 Å². The third-order valence-corrected chi connectivity index (χ3v) is 3.96. The van der Waals surface area contributed by atoms with E-state index in [4.69, 9.17) is 17.0 Å². The monoisotopic (exact) mass is 455 g/mol. The van der Waals surface area contributed by atoms with Gasteiger partial charge in [-0.05, 0) is 38.0 Å². The SMILES string of the molecule is Cc1cc(C=NC(C)C)c(O)c(C(C)(C)c2ccccc2)c1.[Cl][Zr][Cl]. The Morgan fingerprint density at radius 3 is 2.20 bits per heavy atom. The topological polar surface area (TPSA) is 32.6 Å². The molecule has 0 spiro atoms. The first-order valence-corrected chi connectivity index (χ1v) is 14.5. The summed E-state index contributed by atoms with van der Waals surface area (Å²) in [6.45, 7) is 10.4. The van der Waals surface area contributed by atoms with Crippen LogP contribution in [0.1, 0.15) is 49.9 Å². The molecule has 2 rings (SSSR count). The van der Waals surface area contributed by atoms with E-state index in [1.807, 2.05) is 38.1 Å². The van der Waals surface area contributed by atoms with Crippen LogP contribution < -0.4 is 0 Å². The molecule has 1 N–H and O–H groups in total. The molecule has 25 heavy (non-hydrogen) atoms. The average molecular weight is 458 g/mol. The van der Waals surface area contributed by atoms with Crippen LogP contribution >= 0.6 is 17.0 Å². The molecule has 2 aromatic rings. The number of aromatic hydroxyl groups is 1. The molecular weight excluding hydrogens is 432 g/mol. The Labute approximate surface area is 170 Å². The van der Waals surface area contributed by atoms with E-state index in [2.05, 4.69) is 44.0 Å². The number of aliphatic imine (C=N–C) groups is 1. The number of hydrogen-bond donors (Lipinski definition) is 1. The van der Waals surface area contributed by atoms with Crippen LogP contribution in [0, 0.1) is 6.92 Å². The van der Waals surface area contributed by atoms with Crippen molar-refractivity contribution in [2.75, 3.05) is 0 Å². The Morgan fingerprint density at radius 1 is 1.12 bits per heavy atom. The van der Waals surface area contributed by atoms with Crippen LogP contribution in [0.25, 0.3) is 0 Å². The number of halogens is 2. The summed E-state index contributed by atoms with van der Waals surface area (Å²) < 4.78 is 0. The van der Waals surface area contributed by atoms with Crippen LogP contribution in [0.4, 0.5) is 0 Å². The van der Waals surface area contributed by atoms with E-state index in [0.29, 0.717) is 5.75 Å². The normalized spacial score (nSPS) is 11.4. The molecule has 0 aliphatic heterocycles. The predicted octanol–water partition coefficient (Wildman–Crippen LogP) is 6.23. The third-order valence-electron chi connectivity index (χ3n) is 3.96. The van der Waals surface area contributed by atoms with E-state index in [0.717, 1.165) is 16.7 Å². The van der Waals surface area contributed by atoms with Crippen LogP contribution in [0.5, 0.6) is 5.75 Å². The summed E-state index contributed by atoms with van der Waals surface area (Å²) in [6.07, 6.45) is 1.78. The van der Waals surface area contributed by atoms with Gasteiger partial charge in [-0.15, -0.1) is 0 Å². The van der Waals surface area contributed by atoms with Crippen molar-refractivity contribution < 1.29 is 26.0 Å². The maximum absolute atomic E-state index is 10.7. The van der Waals surface area contributed by atoms with Crippen LogP contribution in [0.2, 0.25) is 0 Å². The van der Waals surface area contributed by atoms with Crippen LogP contribution in [-0.4, -0.2) is 17.4 Å². The van der Waals surface area contributed by atoms with Gasteiger partial charge in [0.1, 0.15) is 5.75 Å². The van der Waals surface area contributed by atoms with E-state index in [9.17, 15) is 5.11 Å². The first-order chi connectivity index (χ1) is 11.7. The molecule has 5 heteroatoms. The van der Waals surface area contributed by atoms with Gasteiger partial charge >= 0.3 is 37.9 Å². The minimum absolute atomic E-state index is 0.213. The Balaban J connectivity index is 0.000000970. The quantitative estimate of drug-likeness (QED) is 0.543. The predicted molar refractivity (Wildman–Crippen MR) is 106 cm³/mol. The van der Waals surface area contributed by atoms with E-state index >= 15 is 0 Å². The van der Waals surface area contributed by atoms with E-state index in [1.165, 1.54) is 5.56 Å². The van der Waals surface area contributed by atoms with Crippen molar-refractivity contribution >= 4 is 23.2 Å². The molecule has 0 aliphatic rings. The standard InChI is InChI=1S/C20H25NO.2ClH.Zr/c1-14(2)21-13-16-11-15(3)12-18(19(16)22)20(4,5)17-9-7-6-8-10-17;;;/h6-14,22H,1-5H3;2*1H;/q;;;+2/p-2. The number of aryl methyl sites for hydroxylation is 1. The summed E-state index contributed by atoms with van der Waals surface area (Å²) in [6, 6.07) is 14.5. The number of benzene rings is 2. The van der Waals surface area contributed by atoms with Crippen molar-refractivity contribution in [2.24, 2.45) is 4.99 Å². The van der Waals surface area contributed by atoms with Gasteiger partial charge in [0.05, 0.1) is 0 Å². The molecule has 0 atom stereocenters. The first-order valence-electron chi connectivity index (χ1n) is 8.13. The second kappa shape index (κ2) is 10.5. The Bertz CT molecular complexity index is 700. The molecule has 0 fully saturated rings. The molecule has 0 heterocycles. The number of nitrogens with zero attached hydrogens (tertiary/aromatic N) is 1. The fourth-order valence-electron chi connectivity index (χ4n) is 2.62. The van der Waals surface area contributed by atoms with Crippen LogP contribution in [0.15, 0.2) is 47.5 Å². The van der Waals surface area contributed by atoms with Gasteiger partial charge in [-0.25, -0.2) is 0 Å². The molecular formula is C20H25Cl2NOZr. The zero-order valence-corrected chi connectivity index (χ0v) is 19.3. The summed E-state index contributed by atoms with van der Waals surface area (Å²) in [5, 5.41) is 10.7. The Kier molecular flexibility index (Phi) is 9.42. The van der Waals surface area contributed by atoms with Gasteiger partial charge in [-0.1, -0.05) is 50.2 Å². The van der Waals surface area contributed by atoms with Crippen molar-refractivity contribution in [1.82, 2.24) is 0 Å². The number of phenolic OH excluding ortho intramolecular Hbond substituents is 1. The molecule has 0 saturated carbocycles. The van der Waals surface area contributed by atoms with Crippen LogP contribution in [-0.2, 0) is 26.3 Å². The molecule has 0 bridgehead atoms. The van der Waals surface area contributed by atoms with Gasteiger partial charge in [0.25, 0.3) is 0 Å². The van der Waals surface area contributed by atoms with Crippen molar-refractivity contribution in [3.05, 3.63) is 64.7 Å². The van der Waals surface area contributed by atoms with Gasteiger partial charge in [0.15, 0.2) is 0 Å². The van der Waals surface area contributed by atoms with E-state index < -0.39 is 20.8 Å². The summed E-state index contributed by atoms with van der Waals surface area (Å²) >= 11 is -0.826. The fourth-order valence-corrected chi connectivity index (χ4v) is 2.62. The fraction of sp³-hybridized carbons (Fsp3) is 0.350. The molecule has 0 amide bonds. The zero-order valence-electron chi connectivity index (χ0n) is 15.3. The Morgan fingerprint density at radius 2 is 1.68 bits per heavy atom. The third kappa shape index (κ3) is 6.55. The first kappa shape index (κ1) is 22.4. The zero-order chi connectivity index (χ0) is 19.0. The van der Waals surface area contributed by atoms with Crippen molar-refractivity contribution in [3.8, 4) is 5.75 Å². The van der Waals surface area contributed by atoms with Crippen molar-refractivity contribution in [3.63, 3.8) is 0 Å². The minimum atomic E-state index is -0.826. The number of phenols is 1. The molecule has 134 valence electrons. The summed E-state index contributed by atoms with van der Waals surface area (Å²) in [7, 11) is 9.87. The number of hydrogen-bond acceptors (Lipinski definition) is 2. The van der Waals surface area contributed by atoms with Crippen molar-refractivity contribution in [1.29, 1.82) is 0 Å². The molecule has 0 unspecified atom stereocenters. The van der Waals surface area contributed by atoms with Gasteiger partial charge in [0.2, 0.25) is 0 Å². The molecule has 0 saturated heterocycles. The second-order valence-electron chi connectivity index (χ2n) is 6.68. The summed E-state index contributed by atoms with van der Waals surface area (Å²) in [5.74, 6) is 0.323. The van der Waals surface area contributed by atoms with Crippen molar-refractivity contribution in [2.45, 2.75) is 46.1 Å². The molecule has 2 nitrogen and oxygen atoms in total. The summed E-state index contributed by atoms with van der Waals surface area (Å²) in [5.41, 5.74) is 3.76. The molecule has 0 radical (unpaired) electrons. The maximum atomic E-state index is 10.7. The Hall–Kier alpha value is -0.627. The van der Waals surface area contributed by atoms with Gasteiger partial charge in [-0.2, -0.15) is 0 Å². The van der Waals surface area contributed by atoms with Gasteiger partial charge in [0, 0.05) is 28.8 Å². The number of rotatable bonds is 4. The molecule has 0 aromatic heterocycles. The summed E-state index contributed by atoms with van der Waals surface area (Å²) in [4.78, 5) is 4.41. The average Bonchev–Trinajstić information content (AvgIpc) is 2.56. The van der Waals surface area contributed by atoms with Gasteiger partial charge in [-0.3, -0.25) is 4.99 Å². The molecule has 2 aromatic carbocycles. The van der Waals surface area contributed by atoms with Crippen LogP contribution in [0.3, 0.4) is 0 Å².